The molecule has 0 aliphatic rings. The van der Waals surface area contributed by atoms with Crippen molar-refractivity contribution in [1.82, 2.24) is 10.3 Å². The zero-order valence-electron chi connectivity index (χ0n) is 12.3. The maximum atomic E-state index is 5.36. The first-order chi connectivity index (χ1) is 9.08. The summed E-state index contributed by atoms with van der Waals surface area (Å²) in [6.07, 6.45) is 0. The van der Waals surface area contributed by atoms with Crippen molar-refractivity contribution in [1.29, 1.82) is 0 Å². The van der Waals surface area contributed by atoms with Crippen LogP contribution in [0.25, 0.3) is 11.3 Å². The fraction of sp³-hybridized carbons (Fsp3) is 0.375. The van der Waals surface area contributed by atoms with Crippen LogP contribution in [0.3, 0.4) is 0 Å². The summed E-state index contributed by atoms with van der Waals surface area (Å²) in [4.78, 5) is 3.47. The van der Waals surface area contributed by atoms with Crippen molar-refractivity contribution in [3.8, 4) is 17.0 Å². The molecule has 0 spiro atoms. The van der Waals surface area contributed by atoms with E-state index in [1.807, 2.05) is 13.1 Å². The van der Waals surface area contributed by atoms with Crippen molar-refractivity contribution in [3.05, 3.63) is 40.6 Å². The Kier molecular flexibility index (Phi) is 3.96. The van der Waals surface area contributed by atoms with Gasteiger partial charge in [-0.1, -0.05) is 0 Å². The normalized spacial score (nSPS) is 10.8. The predicted molar refractivity (Wildman–Crippen MR) is 79.8 cm³/mol. The lowest BCUT2D eigenvalue weighted by molar-refractivity contribution is 0.411. The highest BCUT2D eigenvalue weighted by Gasteiger charge is 2.11. The van der Waals surface area contributed by atoms with Crippen molar-refractivity contribution >= 4 is 0 Å². The fourth-order valence-corrected chi connectivity index (χ4v) is 2.43. The summed E-state index contributed by atoms with van der Waals surface area (Å²) in [6, 6.07) is 6.38. The molecule has 0 aliphatic carbocycles. The highest BCUT2D eigenvalue weighted by atomic mass is 16.5. The number of H-pyrrole nitrogens is 1. The van der Waals surface area contributed by atoms with Gasteiger partial charge in [0.25, 0.3) is 0 Å². The zero-order chi connectivity index (χ0) is 14.0. The number of aromatic nitrogens is 1. The Hall–Kier alpha value is -1.74. The molecule has 1 aromatic heterocycles. The van der Waals surface area contributed by atoms with Crippen LogP contribution in [0.1, 0.15) is 22.4 Å². The molecule has 0 unspecified atom stereocenters. The summed E-state index contributed by atoms with van der Waals surface area (Å²) >= 11 is 0. The lowest BCUT2D eigenvalue weighted by Crippen LogP contribution is -2.04. The molecular formula is C16H22N2O. The summed E-state index contributed by atoms with van der Waals surface area (Å²) < 4.78 is 5.36. The van der Waals surface area contributed by atoms with E-state index in [-0.39, 0.29) is 0 Å². The minimum Gasteiger partial charge on any atom is -0.496 e. The van der Waals surface area contributed by atoms with Gasteiger partial charge in [-0.15, -0.1) is 0 Å². The molecule has 0 radical (unpaired) electrons. The second-order valence-corrected chi connectivity index (χ2v) is 4.93. The van der Waals surface area contributed by atoms with Gasteiger partial charge in [0.05, 0.1) is 7.11 Å². The second-order valence-electron chi connectivity index (χ2n) is 4.93. The van der Waals surface area contributed by atoms with Crippen LogP contribution >= 0.6 is 0 Å². The van der Waals surface area contributed by atoms with Gasteiger partial charge in [-0.3, -0.25) is 0 Å². The summed E-state index contributed by atoms with van der Waals surface area (Å²) in [5.74, 6) is 0.944. The first-order valence-corrected chi connectivity index (χ1v) is 6.56. The van der Waals surface area contributed by atoms with Crippen LogP contribution in [0.5, 0.6) is 5.75 Å². The third-order valence-corrected chi connectivity index (χ3v) is 3.74. The van der Waals surface area contributed by atoms with Crippen LogP contribution in [-0.4, -0.2) is 19.1 Å². The molecule has 0 saturated carbocycles. The van der Waals surface area contributed by atoms with Crippen LogP contribution in [0.15, 0.2) is 18.2 Å². The maximum Gasteiger partial charge on any atom is 0.122 e. The van der Waals surface area contributed by atoms with Crippen LogP contribution < -0.4 is 10.1 Å². The molecule has 2 N–H and O–H groups in total. The van der Waals surface area contributed by atoms with Gasteiger partial charge in [0.15, 0.2) is 0 Å². The average molecular weight is 258 g/mol. The van der Waals surface area contributed by atoms with Crippen molar-refractivity contribution in [2.45, 2.75) is 27.3 Å². The zero-order valence-corrected chi connectivity index (χ0v) is 12.3. The molecule has 0 bridgehead atoms. The Morgan fingerprint density at radius 1 is 1.16 bits per heavy atom. The smallest absolute Gasteiger partial charge is 0.122 e. The number of aryl methyl sites for hydroxylation is 1. The second kappa shape index (κ2) is 5.49. The molecule has 3 heteroatoms. The van der Waals surface area contributed by atoms with Crippen LogP contribution in [-0.2, 0) is 6.54 Å². The number of aromatic amines is 1. The Labute approximate surface area is 115 Å². The fourth-order valence-electron chi connectivity index (χ4n) is 2.43. The van der Waals surface area contributed by atoms with Crippen molar-refractivity contribution in [2.24, 2.45) is 0 Å². The summed E-state index contributed by atoms with van der Waals surface area (Å²) in [5.41, 5.74) is 7.40. The topological polar surface area (TPSA) is 37.0 Å². The molecule has 0 fully saturated rings. The monoisotopic (exact) mass is 258 g/mol. The van der Waals surface area contributed by atoms with E-state index >= 15 is 0 Å². The van der Waals surface area contributed by atoms with E-state index in [2.05, 4.69) is 43.2 Å². The van der Waals surface area contributed by atoms with Crippen LogP contribution in [0.4, 0.5) is 0 Å². The number of hydrogen-bond acceptors (Lipinski definition) is 2. The van der Waals surface area contributed by atoms with Crippen LogP contribution in [0, 0.1) is 20.8 Å². The molecule has 0 saturated heterocycles. The van der Waals surface area contributed by atoms with Gasteiger partial charge in [0.1, 0.15) is 5.75 Å². The van der Waals surface area contributed by atoms with Gasteiger partial charge >= 0.3 is 0 Å². The number of benzene rings is 1. The molecule has 0 amide bonds. The highest BCUT2D eigenvalue weighted by molar-refractivity contribution is 5.68. The summed E-state index contributed by atoms with van der Waals surface area (Å²) in [5, 5.41) is 3.19. The first-order valence-electron chi connectivity index (χ1n) is 6.56. The molecule has 0 atom stereocenters. The Balaban J connectivity index is 2.47. The molecule has 2 aromatic rings. The van der Waals surface area contributed by atoms with Gasteiger partial charge in [0.2, 0.25) is 0 Å². The summed E-state index contributed by atoms with van der Waals surface area (Å²) in [6.45, 7) is 7.24. The average Bonchev–Trinajstić information content (AvgIpc) is 2.74. The molecule has 1 heterocycles. The van der Waals surface area contributed by atoms with E-state index in [4.69, 9.17) is 4.74 Å². The SMILES string of the molecule is CNCc1cc(-c2ccc(OC)c(C)c2C)[nH]c1C. The highest BCUT2D eigenvalue weighted by Crippen LogP contribution is 2.31. The number of hydrogen-bond donors (Lipinski definition) is 2. The van der Waals surface area contributed by atoms with Crippen LogP contribution in [0.2, 0.25) is 0 Å². The molecule has 102 valence electrons. The van der Waals surface area contributed by atoms with E-state index < -0.39 is 0 Å². The Morgan fingerprint density at radius 2 is 1.89 bits per heavy atom. The molecular weight excluding hydrogens is 236 g/mol. The number of ether oxygens (including phenoxy) is 1. The van der Waals surface area contributed by atoms with Gasteiger partial charge in [-0.25, -0.2) is 0 Å². The quantitative estimate of drug-likeness (QED) is 0.882. The van der Waals surface area contributed by atoms with E-state index in [0.717, 1.165) is 12.3 Å². The van der Waals surface area contributed by atoms with Gasteiger partial charge in [-0.2, -0.15) is 0 Å². The van der Waals surface area contributed by atoms with Gasteiger partial charge < -0.3 is 15.0 Å². The first kappa shape index (κ1) is 13.7. The van der Waals surface area contributed by atoms with E-state index in [1.165, 1.54) is 33.6 Å². The molecule has 3 nitrogen and oxygen atoms in total. The minimum absolute atomic E-state index is 0.885. The lowest BCUT2D eigenvalue weighted by atomic mass is 10.00. The third kappa shape index (κ3) is 2.51. The maximum absolute atomic E-state index is 5.36. The molecule has 1 aromatic carbocycles. The van der Waals surface area contributed by atoms with Crippen molar-refractivity contribution in [2.75, 3.05) is 14.2 Å². The Morgan fingerprint density at radius 3 is 2.53 bits per heavy atom. The molecule has 0 aliphatic heterocycles. The van der Waals surface area contributed by atoms with Crippen molar-refractivity contribution in [3.63, 3.8) is 0 Å². The van der Waals surface area contributed by atoms with E-state index in [1.54, 1.807) is 7.11 Å². The number of nitrogens with one attached hydrogen (secondary N) is 2. The Bertz CT molecular complexity index is 585. The number of rotatable bonds is 4. The predicted octanol–water partition coefficient (Wildman–Crippen LogP) is 3.33. The largest absolute Gasteiger partial charge is 0.496 e. The standard InChI is InChI=1S/C16H22N2O/c1-10-11(2)16(19-5)7-6-14(10)15-8-13(9-17-4)12(3)18-15/h6-8,17-18H,9H2,1-5H3. The van der Waals surface area contributed by atoms with Gasteiger partial charge in [0, 0.05) is 23.5 Å². The van der Waals surface area contributed by atoms with Crippen molar-refractivity contribution < 1.29 is 4.74 Å². The lowest BCUT2D eigenvalue weighted by Gasteiger charge is -2.11. The van der Waals surface area contributed by atoms with Gasteiger partial charge in [-0.05, 0) is 62.7 Å². The van der Waals surface area contributed by atoms with E-state index in [0.29, 0.717) is 0 Å². The minimum atomic E-state index is 0.885. The number of methoxy groups -OCH3 is 1. The van der Waals surface area contributed by atoms with E-state index in [9.17, 15) is 0 Å². The summed E-state index contributed by atoms with van der Waals surface area (Å²) in [7, 11) is 3.68. The third-order valence-electron chi connectivity index (χ3n) is 3.74. The molecule has 2 rings (SSSR count). The molecule has 19 heavy (non-hydrogen) atoms.